The van der Waals surface area contributed by atoms with Gasteiger partial charge in [-0.3, -0.25) is 0 Å². The van der Waals surface area contributed by atoms with Gasteiger partial charge in [-0.05, 0) is 37.1 Å². The quantitative estimate of drug-likeness (QED) is 0.830. The summed E-state index contributed by atoms with van der Waals surface area (Å²) >= 11 is 0. The Morgan fingerprint density at radius 1 is 1.17 bits per heavy atom. The van der Waals surface area contributed by atoms with Crippen molar-refractivity contribution < 1.29 is 14.3 Å². The van der Waals surface area contributed by atoms with E-state index in [-0.39, 0.29) is 12.1 Å². The second-order valence-corrected chi connectivity index (χ2v) is 6.36. The normalized spacial score (nSPS) is 22.0. The van der Waals surface area contributed by atoms with Gasteiger partial charge in [0.1, 0.15) is 11.4 Å². The Morgan fingerprint density at radius 2 is 1.92 bits per heavy atom. The number of nitrogens with zero attached hydrogens (tertiary/aromatic N) is 1. The van der Waals surface area contributed by atoms with Gasteiger partial charge in [0.25, 0.3) is 0 Å². The van der Waals surface area contributed by atoms with Crippen LogP contribution in [0.2, 0.25) is 0 Å². The Labute approximate surface area is 143 Å². The molecule has 0 radical (unpaired) electrons. The SMILES string of the molecule is COc1cccc([C@H](C)N2CC[C@](C)(c3ccccc3)OC2=O)c1. The second kappa shape index (κ2) is 6.56. The van der Waals surface area contributed by atoms with Gasteiger partial charge in [0.2, 0.25) is 0 Å². The minimum Gasteiger partial charge on any atom is -0.497 e. The van der Waals surface area contributed by atoms with Crippen LogP contribution >= 0.6 is 0 Å². The Morgan fingerprint density at radius 3 is 2.58 bits per heavy atom. The van der Waals surface area contributed by atoms with Crippen molar-refractivity contribution in [1.29, 1.82) is 0 Å². The van der Waals surface area contributed by atoms with Crippen LogP contribution in [0.3, 0.4) is 0 Å². The summed E-state index contributed by atoms with van der Waals surface area (Å²) in [5.41, 5.74) is 1.50. The van der Waals surface area contributed by atoms with Crippen molar-refractivity contribution in [3.05, 3.63) is 65.7 Å². The lowest BCUT2D eigenvalue weighted by molar-refractivity contribution is -0.0491. The van der Waals surface area contributed by atoms with E-state index in [1.165, 1.54) is 0 Å². The van der Waals surface area contributed by atoms with Crippen LogP contribution in [0.4, 0.5) is 4.79 Å². The smallest absolute Gasteiger partial charge is 0.411 e. The van der Waals surface area contributed by atoms with E-state index in [9.17, 15) is 4.79 Å². The molecule has 1 saturated heterocycles. The van der Waals surface area contributed by atoms with Crippen molar-refractivity contribution in [3.63, 3.8) is 0 Å². The first-order valence-electron chi connectivity index (χ1n) is 8.22. The van der Waals surface area contributed by atoms with Gasteiger partial charge in [-0.2, -0.15) is 0 Å². The zero-order chi connectivity index (χ0) is 17.2. The highest BCUT2D eigenvalue weighted by molar-refractivity contribution is 5.70. The number of benzene rings is 2. The summed E-state index contributed by atoms with van der Waals surface area (Å²) in [6, 6.07) is 17.7. The van der Waals surface area contributed by atoms with E-state index in [0.29, 0.717) is 6.54 Å². The van der Waals surface area contributed by atoms with Crippen molar-refractivity contribution in [2.75, 3.05) is 13.7 Å². The third-order valence-electron chi connectivity index (χ3n) is 4.80. The molecule has 24 heavy (non-hydrogen) atoms. The van der Waals surface area contributed by atoms with Crippen LogP contribution in [0.25, 0.3) is 0 Å². The number of amides is 1. The molecule has 4 nitrogen and oxygen atoms in total. The van der Waals surface area contributed by atoms with Gasteiger partial charge < -0.3 is 14.4 Å². The van der Waals surface area contributed by atoms with Crippen molar-refractivity contribution in [1.82, 2.24) is 4.90 Å². The van der Waals surface area contributed by atoms with E-state index in [2.05, 4.69) is 0 Å². The highest BCUT2D eigenvalue weighted by atomic mass is 16.6. The molecule has 3 rings (SSSR count). The van der Waals surface area contributed by atoms with Gasteiger partial charge in [0, 0.05) is 13.0 Å². The summed E-state index contributed by atoms with van der Waals surface area (Å²) in [7, 11) is 1.64. The summed E-state index contributed by atoms with van der Waals surface area (Å²) in [6.07, 6.45) is 0.486. The molecule has 4 heteroatoms. The number of cyclic esters (lactones) is 1. The number of carbonyl (C=O) groups excluding carboxylic acids is 1. The van der Waals surface area contributed by atoms with Crippen molar-refractivity contribution in [2.45, 2.75) is 31.9 Å². The van der Waals surface area contributed by atoms with Crippen LogP contribution in [0, 0.1) is 0 Å². The molecular weight excluding hydrogens is 302 g/mol. The minimum absolute atomic E-state index is 0.0621. The largest absolute Gasteiger partial charge is 0.497 e. The molecule has 1 amide bonds. The maximum Gasteiger partial charge on any atom is 0.411 e. The fourth-order valence-electron chi connectivity index (χ4n) is 3.15. The lowest BCUT2D eigenvalue weighted by atomic mass is 9.90. The number of methoxy groups -OCH3 is 1. The average Bonchev–Trinajstić information content (AvgIpc) is 2.62. The van der Waals surface area contributed by atoms with Crippen LogP contribution in [-0.4, -0.2) is 24.6 Å². The molecule has 0 aliphatic carbocycles. The number of hydrogen-bond acceptors (Lipinski definition) is 3. The third kappa shape index (κ3) is 3.09. The maximum atomic E-state index is 12.6. The highest BCUT2D eigenvalue weighted by Crippen LogP contribution is 2.36. The summed E-state index contributed by atoms with van der Waals surface area (Å²) in [5, 5.41) is 0. The summed E-state index contributed by atoms with van der Waals surface area (Å²) < 4.78 is 11.1. The van der Waals surface area contributed by atoms with Crippen LogP contribution in [0.5, 0.6) is 5.75 Å². The van der Waals surface area contributed by atoms with E-state index in [0.717, 1.165) is 23.3 Å². The zero-order valence-electron chi connectivity index (χ0n) is 14.4. The first-order chi connectivity index (χ1) is 11.5. The minimum atomic E-state index is -0.567. The lowest BCUT2D eigenvalue weighted by Gasteiger charge is -2.41. The van der Waals surface area contributed by atoms with Crippen LogP contribution in [0.15, 0.2) is 54.6 Å². The summed E-state index contributed by atoms with van der Waals surface area (Å²) in [6.45, 7) is 4.65. The van der Waals surface area contributed by atoms with Crippen LogP contribution < -0.4 is 4.74 Å². The molecular formula is C20H23NO3. The van der Waals surface area contributed by atoms with Gasteiger partial charge in [-0.15, -0.1) is 0 Å². The topological polar surface area (TPSA) is 38.8 Å². The van der Waals surface area contributed by atoms with Crippen molar-refractivity contribution in [2.24, 2.45) is 0 Å². The molecule has 2 aromatic carbocycles. The van der Waals surface area contributed by atoms with Crippen molar-refractivity contribution in [3.8, 4) is 5.75 Å². The van der Waals surface area contributed by atoms with Gasteiger partial charge >= 0.3 is 6.09 Å². The van der Waals surface area contributed by atoms with Gasteiger partial charge in [-0.1, -0.05) is 42.5 Å². The highest BCUT2D eigenvalue weighted by Gasteiger charge is 2.39. The summed E-state index contributed by atoms with van der Waals surface area (Å²) in [5.74, 6) is 0.791. The molecule has 2 aromatic rings. The van der Waals surface area contributed by atoms with Gasteiger partial charge in [0.15, 0.2) is 0 Å². The molecule has 0 N–H and O–H groups in total. The lowest BCUT2D eigenvalue weighted by Crippen LogP contribution is -2.47. The van der Waals surface area contributed by atoms with Gasteiger partial charge in [0.05, 0.1) is 13.2 Å². The van der Waals surface area contributed by atoms with Crippen molar-refractivity contribution >= 4 is 6.09 Å². The second-order valence-electron chi connectivity index (χ2n) is 6.36. The predicted octanol–water partition coefficient (Wildman–Crippen LogP) is 4.51. The molecule has 0 unspecified atom stereocenters. The van der Waals surface area contributed by atoms with Gasteiger partial charge in [-0.25, -0.2) is 4.79 Å². The molecule has 0 saturated carbocycles. The number of ether oxygens (including phenoxy) is 2. The molecule has 2 atom stereocenters. The van der Waals surface area contributed by atoms with E-state index in [1.54, 1.807) is 12.0 Å². The fraction of sp³-hybridized carbons (Fsp3) is 0.350. The fourth-order valence-corrected chi connectivity index (χ4v) is 3.15. The molecule has 0 spiro atoms. The average molecular weight is 325 g/mol. The Hall–Kier alpha value is -2.49. The molecule has 1 aliphatic rings. The number of rotatable bonds is 4. The van der Waals surface area contributed by atoms with Crippen LogP contribution in [0.1, 0.15) is 37.4 Å². The molecule has 1 aliphatic heterocycles. The number of hydrogen-bond donors (Lipinski definition) is 0. The zero-order valence-corrected chi connectivity index (χ0v) is 14.4. The van der Waals surface area contributed by atoms with Crippen LogP contribution in [-0.2, 0) is 10.3 Å². The first-order valence-corrected chi connectivity index (χ1v) is 8.22. The number of carbonyl (C=O) groups is 1. The third-order valence-corrected chi connectivity index (χ3v) is 4.80. The predicted molar refractivity (Wildman–Crippen MR) is 93.0 cm³/mol. The van der Waals surface area contributed by atoms with E-state index >= 15 is 0 Å². The molecule has 126 valence electrons. The summed E-state index contributed by atoms with van der Waals surface area (Å²) in [4.78, 5) is 14.4. The first kappa shape index (κ1) is 16.4. The monoisotopic (exact) mass is 325 g/mol. The molecule has 0 bridgehead atoms. The van der Waals surface area contributed by atoms with E-state index in [1.807, 2.05) is 68.4 Å². The Bertz CT molecular complexity index is 716. The molecule has 1 heterocycles. The Balaban J connectivity index is 1.77. The van der Waals surface area contributed by atoms with E-state index in [4.69, 9.17) is 9.47 Å². The van der Waals surface area contributed by atoms with E-state index < -0.39 is 5.60 Å². The standard InChI is InChI=1S/C20H23NO3/c1-15(16-8-7-11-18(14-16)23-3)21-13-12-20(2,24-19(21)22)17-9-5-4-6-10-17/h4-11,14-15H,12-13H2,1-3H3/t15-,20+/m0/s1. The molecule has 0 aromatic heterocycles. The maximum absolute atomic E-state index is 12.6. The Kier molecular flexibility index (Phi) is 4.47. The molecule has 1 fully saturated rings.